The fourth-order valence-corrected chi connectivity index (χ4v) is 4.56. The zero-order valence-electron chi connectivity index (χ0n) is 18.3. The molecule has 0 saturated carbocycles. The monoisotopic (exact) mass is 448 g/mol. The Labute approximate surface area is 189 Å². The molecule has 1 amide bonds. The fraction of sp³-hybridized carbons (Fsp3) is 0.240. The maximum atomic E-state index is 12.6. The van der Waals surface area contributed by atoms with Crippen LogP contribution in [0.25, 0.3) is 21.0 Å². The number of fused-ring (bicyclic) bond motifs is 2. The molecule has 6 nitrogen and oxygen atoms in total. The quantitative estimate of drug-likeness (QED) is 0.406. The number of carbonyl (C=O) groups excluding carboxylic acids is 2. The van der Waals surface area contributed by atoms with Gasteiger partial charge in [-0.25, -0.2) is 0 Å². The third-order valence-electron chi connectivity index (χ3n) is 5.19. The number of benzene rings is 3. The third-order valence-corrected chi connectivity index (χ3v) is 6.24. The molecule has 0 radical (unpaired) electrons. The topological polar surface area (TPSA) is 69.9 Å². The van der Waals surface area contributed by atoms with Gasteiger partial charge in [-0.15, -0.1) is 0 Å². The summed E-state index contributed by atoms with van der Waals surface area (Å²) >= 11 is 1.37. The van der Waals surface area contributed by atoms with Gasteiger partial charge in [0.05, 0.1) is 16.8 Å². The lowest BCUT2D eigenvalue weighted by Crippen LogP contribution is -2.24. The van der Waals surface area contributed by atoms with E-state index in [0.717, 1.165) is 32.1 Å². The molecule has 0 unspecified atom stereocenters. The van der Waals surface area contributed by atoms with Crippen LogP contribution in [0.15, 0.2) is 59.6 Å². The number of ether oxygens (including phenoxy) is 2. The van der Waals surface area contributed by atoms with E-state index in [-0.39, 0.29) is 19.1 Å². The normalized spacial score (nSPS) is 11.8. The highest BCUT2D eigenvalue weighted by molar-refractivity contribution is 7.16. The van der Waals surface area contributed by atoms with Crippen molar-refractivity contribution in [1.29, 1.82) is 0 Å². The number of aromatic nitrogens is 1. The molecule has 0 spiro atoms. The van der Waals surface area contributed by atoms with E-state index in [0.29, 0.717) is 17.2 Å². The second-order valence-corrected chi connectivity index (χ2v) is 8.49. The van der Waals surface area contributed by atoms with Crippen LogP contribution in [-0.4, -0.2) is 29.7 Å². The van der Waals surface area contributed by atoms with Crippen LogP contribution < -0.4 is 9.54 Å². The first kappa shape index (κ1) is 21.8. The van der Waals surface area contributed by atoms with Crippen LogP contribution in [0.5, 0.6) is 5.75 Å². The predicted octanol–water partition coefficient (Wildman–Crippen LogP) is 4.54. The third kappa shape index (κ3) is 4.73. The molecule has 0 N–H and O–H groups in total. The first-order valence-electron chi connectivity index (χ1n) is 10.4. The zero-order valence-corrected chi connectivity index (χ0v) is 19.1. The first-order valence-corrected chi connectivity index (χ1v) is 11.2. The summed E-state index contributed by atoms with van der Waals surface area (Å²) < 4.78 is 13.5. The Balaban J connectivity index is 1.62. The van der Waals surface area contributed by atoms with Crippen LogP contribution in [0, 0.1) is 13.8 Å². The smallest absolute Gasteiger partial charge is 0.326 e. The van der Waals surface area contributed by atoms with Gasteiger partial charge < -0.3 is 14.0 Å². The number of hydrogen-bond acceptors (Lipinski definition) is 5. The van der Waals surface area contributed by atoms with Crippen molar-refractivity contribution in [2.24, 2.45) is 4.99 Å². The number of carbonyl (C=O) groups is 2. The molecule has 3 aromatic carbocycles. The van der Waals surface area contributed by atoms with E-state index in [2.05, 4.69) is 4.99 Å². The maximum Gasteiger partial charge on any atom is 0.326 e. The molecule has 0 bridgehead atoms. The molecular formula is C25H24N2O4S. The van der Waals surface area contributed by atoms with E-state index in [1.165, 1.54) is 11.3 Å². The number of nitrogens with zero attached hydrogens (tertiary/aromatic N) is 2. The molecule has 0 aliphatic heterocycles. The van der Waals surface area contributed by atoms with Crippen molar-refractivity contribution in [3.05, 3.63) is 70.5 Å². The van der Waals surface area contributed by atoms with Crippen molar-refractivity contribution in [3.8, 4) is 5.75 Å². The molecule has 1 heterocycles. The Kier molecular flexibility index (Phi) is 6.37. The minimum atomic E-state index is -0.421. The molecule has 0 aliphatic carbocycles. The van der Waals surface area contributed by atoms with Crippen LogP contribution in [0.4, 0.5) is 0 Å². The van der Waals surface area contributed by atoms with Gasteiger partial charge in [0.25, 0.3) is 5.91 Å². The lowest BCUT2D eigenvalue weighted by molar-refractivity contribution is -0.143. The minimum Gasteiger partial charge on any atom is -0.484 e. The number of thiazole rings is 1. The van der Waals surface area contributed by atoms with E-state index >= 15 is 0 Å². The first-order chi connectivity index (χ1) is 15.4. The van der Waals surface area contributed by atoms with Crippen LogP contribution in [0.3, 0.4) is 0 Å². The molecule has 164 valence electrons. The fourth-order valence-electron chi connectivity index (χ4n) is 3.44. The molecule has 0 aliphatic rings. The molecule has 7 heteroatoms. The zero-order chi connectivity index (χ0) is 22.7. The summed E-state index contributed by atoms with van der Waals surface area (Å²) in [6.07, 6.45) is 0. The van der Waals surface area contributed by atoms with Crippen molar-refractivity contribution in [3.63, 3.8) is 0 Å². The summed E-state index contributed by atoms with van der Waals surface area (Å²) in [6.45, 7) is 5.91. The van der Waals surface area contributed by atoms with Gasteiger partial charge >= 0.3 is 5.97 Å². The van der Waals surface area contributed by atoms with Crippen molar-refractivity contribution >= 4 is 44.2 Å². The molecular weight excluding hydrogens is 424 g/mol. The Bertz CT molecular complexity index is 1380. The summed E-state index contributed by atoms with van der Waals surface area (Å²) in [5, 5.41) is 2.14. The Morgan fingerprint density at radius 3 is 2.53 bits per heavy atom. The van der Waals surface area contributed by atoms with Gasteiger partial charge in [-0.3, -0.25) is 9.59 Å². The minimum absolute atomic E-state index is 0.00597. The summed E-state index contributed by atoms with van der Waals surface area (Å²) in [6, 6.07) is 17.7. The van der Waals surface area contributed by atoms with Gasteiger partial charge in [0, 0.05) is 0 Å². The second-order valence-electron chi connectivity index (χ2n) is 7.48. The van der Waals surface area contributed by atoms with Crippen LogP contribution >= 0.6 is 11.3 Å². The molecule has 32 heavy (non-hydrogen) atoms. The second kappa shape index (κ2) is 9.36. The van der Waals surface area contributed by atoms with Gasteiger partial charge in [-0.05, 0) is 66.9 Å². The maximum absolute atomic E-state index is 12.6. The number of aryl methyl sites for hydroxylation is 2. The summed E-state index contributed by atoms with van der Waals surface area (Å²) in [7, 11) is 0. The lowest BCUT2D eigenvalue weighted by atomic mass is 10.1. The van der Waals surface area contributed by atoms with Gasteiger partial charge in [0.2, 0.25) is 0 Å². The van der Waals surface area contributed by atoms with Gasteiger partial charge in [0.1, 0.15) is 12.3 Å². The molecule has 1 aromatic heterocycles. The van der Waals surface area contributed by atoms with Crippen LogP contribution in [-0.2, 0) is 20.9 Å². The summed E-state index contributed by atoms with van der Waals surface area (Å²) in [5.41, 5.74) is 3.10. The van der Waals surface area contributed by atoms with Crippen molar-refractivity contribution in [2.45, 2.75) is 27.3 Å². The van der Waals surface area contributed by atoms with Crippen molar-refractivity contribution < 1.29 is 19.1 Å². The average Bonchev–Trinajstić information content (AvgIpc) is 3.08. The lowest BCUT2D eigenvalue weighted by Gasteiger charge is -2.07. The number of hydrogen-bond donors (Lipinski definition) is 0. The SMILES string of the molecule is CCOC(=O)Cn1c(=NC(=O)COc2ccc3ccccc3c2)sc2cc(C)c(C)cc21. The number of esters is 1. The molecule has 4 rings (SSSR count). The molecule has 0 atom stereocenters. The van der Waals surface area contributed by atoms with E-state index in [1.54, 1.807) is 11.5 Å². The van der Waals surface area contributed by atoms with Crippen LogP contribution in [0.1, 0.15) is 18.1 Å². The van der Waals surface area contributed by atoms with Crippen molar-refractivity contribution in [1.82, 2.24) is 4.57 Å². The number of rotatable bonds is 6. The van der Waals surface area contributed by atoms with Gasteiger partial charge in [-0.1, -0.05) is 41.7 Å². The highest BCUT2D eigenvalue weighted by Crippen LogP contribution is 2.23. The highest BCUT2D eigenvalue weighted by atomic mass is 32.1. The summed E-state index contributed by atoms with van der Waals surface area (Å²) in [4.78, 5) is 29.5. The Morgan fingerprint density at radius 1 is 1.00 bits per heavy atom. The molecule has 0 fully saturated rings. The van der Waals surface area contributed by atoms with Gasteiger partial charge in [0.15, 0.2) is 11.4 Å². The molecule has 0 saturated heterocycles. The van der Waals surface area contributed by atoms with Crippen molar-refractivity contribution in [2.75, 3.05) is 13.2 Å². The Hall–Kier alpha value is -3.45. The number of amides is 1. The summed E-state index contributed by atoms with van der Waals surface area (Å²) in [5.74, 6) is -0.184. The molecule has 4 aromatic rings. The van der Waals surface area contributed by atoms with E-state index in [1.807, 2.05) is 68.4 Å². The van der Waals surface area contributed by atoms with Gasteiger partial charge in [-0.2, -0.15) is 4.99 Å². The average molecular weight is 449 g/mol. The van der Waals surface area contributed by atoms with Crippen LogP contribution in [0.2, 0.25) is 0 Å². The largest absolute Gasteiger partial charge is 0.484 e. The van der Waals surface area contributed by atoms with E-state index < -0.39 is 5.91 Å². The van der Waals surface area contributed by atoms with E-state index in [4.69, 9.17) is 9.47 Å². The Morgan fingerprint density at radius 2 is 1.75 bits per heavy atom. The van der Waals surface area contributed by atoms with E-state index in [9.17, 15) is 9.59 Å². The standard InChI is InChI=1S/C25H24N2O4S/c1-4-30-24(29)14-27-21-11-16(2)17(3)12-22(21)32-25(27)26-23(28)15-31-20-10-9-18-7-5-6-8-19(18)13-20/h5-13H,4,14-15H2,1-3H3. The predicted molar refractivity (Wildman–Crippen MR) is 126 cm³/mol. The highest BCUT2D eigenvalue weighted by Gasteiger charge is 2.13.